The summed E-state index contributed by atoms with van der Waals surface area (Å²) in [5.41, 5.74) is 2.78. The summed E-state index contributed by atoms with van der Waals surface area (Å²) in [6.45, 7) is 5.19. The maximum absolute atomic E-state index is 12.9. The van der Waals surface area contributed by atoms with Crippen molar-refractivity contribution in [2.75, 3.05) is 20.3 Å². The van der Waals surface area contributed by atoms with Gasteiger partial charge in [-0.05, 0) is 25.5 Å². The first-order valence-electron chi connectivity index (χ1n) is 8.11. The molecule has 0 aliphatic carbocycles. The maximum atomic E-state index is 12.9. The molecule has 0 aliphatic rings. The van der Waals surface area contributed by atoms with E-state index in [1.807, 2.05) is 50.2 Å². The SMILES string of the molecule is COCCN(Cc1ccccc1)C(=O)c1nc2nc(C)cc(C)n2n1. The van der Waals surface area contributed by atoms with Gasteiger partial charge in [0.15, 0.2) is 0 Å². The first-order valence-corrected chi connectivity index (χ1v) is 8.11. The topological polar surface area (TPSA) is 72.6 Å². The first kappa shape index (κ1) is 17.0. The van der Waals surface area contributed by atoms with E-state index in [9.17, 15) is 4.79 Å². The Kier molecular flexibility index (Phi) is 5.04. The van der Waals surface area contributed by atoms with Gasteiger partial charge in [-0.25, -0.2) is 9.50 Å². The van der Waals surface area contributed by atoms with Gasteiger partial charge in [-0.3, -0.25) is 4.79 Å². The van der Waals surface area contributed by atoms with Crippen molar-refractivity contribution < 1.29 is 9.53 Å². The van der Waals surface area contributed by atoms with E-state index in [-0.39, 0.29) is 11.7 Å². The van der Waals surface area contributed by atoms with E-state index in [0.29, 0.717) is 25.5 Å². The molecule has 0 N–H and O–H groups in total. The molecule has 3 aromatic rings. The molecular weight excluding hydrogens is 318 g/mol. The fourth-order valence-corrected chi connectivity index (χ4v) is 2.66. The van der Waals surface area contributed by atoms with E-state index in [1.54, 1.807) is 16.5 Å². The summed E-state index contributed by atoms with van der Waals surface area (Å²) in [5.74, 6) is 0.351. The van der Waals surface area contributed by atoms with E-state index >= 15 is 0 Å². The summed E-state index contributed by atoms with van der Waals surface area (Å²) in [6.07, 6.45) is 0. The largest absolute Gasteiger partial charge is 0.383 e. The van der Waals surface area contributed by atoms with Crippen LogP contribution in [0, 0.1) is 13.8 Å². The van der Waals surface area contributed by atoms with E-state index in [0.717, 1.165) is 17.0 Å². The highest BCUT2D eigenvalue weighted by molar-refractivity contribution is 5.90. The highest BCUT2D eigenvalue weighted by atomic mass is 16.5. The number of carbonyl (C=O) groups excluding carboxylic acids is 1. The highest BCUT2D eigenvalue weighted by Crippen LogP contribution is 2.10. The number of hydrogen-bond donors (Lipinski definition) is 0. The summed E-state index contributed by atoms with van der Waals surface area (Å²) in [4.78, 5) is 23.3. The minimum Gasteiger partial charge on any atom is -0.383 e. The van der Waals surface area contributed by atoms with Crippen LogP contribution in [0.5, 0.6) is 0 Å². The van der Waals surface area contributed by atoms with Crippen molar-refractivity contribution in [1.82, 2.24) is 24.5 Å². The zero-order valence-corrected chi connectivity index (χ0v) is 14.6. The fourth-order valence-electron chi connectivity index (χ4n) is 2.66. The molecule has 2 heterocycles. The molecule has 7 heteroatoms. The summed E-state index contributed by atoms with van der Waals surface area (Å²) in [6, 6.07) is 11.7. The lowest BCUT2D eigenvalue weighted by atomic mass is 10.2. The van der Waals surface area contributed by atoms with E-state index in [2.05, 4.69) is 15.1 Å². The summed E-state index contributed by atoms with van der Waals surface area (Å²) >= 11 is 0. The minimum absolute atomic E-state index is 0.147. The van der Waals surface area contributed by atoms with Gasteiger partial charge in [0.25, 0.3) is 11.7 Å². The summed E-state index contributed by atoms with van der Waals surface area (Å²) in [5, 5.41) is 4.33. The molecule has 25 heavy (non-hydrogen) atoms. The van der Waals surface area contributed by atoms with Crippen molar-refractivity contribution in [2.45, 2.75) is 20.4 Å². The smallest absolute Gasteiger partial charge is 0.293 e. The molecule has 0 radical (unpaired) electrons. The Labute approximate surface area is 146 Å². The lowest BCUT2D eigenvalue weighted by molar-refractivity contribution is 0.0668. The molecule has 0 unspecified atom stereocenters. The molecule has 3 rings (SSSR count). The van der Waals surface area contributed by atoms with E-state index in [4.69, 9.17) is 4.74 Å². The van der Waals surface area contributed by atoms with Gasteiger partial charge in [0.2, 0.25) is 5.82 Å². The maximum Gasteiger partial charge on any atom is 0.293 e. The number of carbonyl (C=O) groups is 1. The van der Waals surface area contributed by atoms with Crippen LogP contribution in [0.3, 0.4) is 0 Å². The van der Waals surface area contributed by atoms with Gasteiger partial charge in [0.05, 0.1) is 6.61 Å². The molecule has 0 fully saturated rings. The molecule has 0 spiro atoms. The second-order valence-corrected chi connectivity index (χ2v) is 5.89. The number of ether oxygens (including phenoxy) is 1. The zero-order chi connectivity index (χ0) is 17.8. The van der Waals surface area contributed by atoms with Crippen LogP contribution in [0.4, 0.5) is 0 Å². The third kappa shape index (κ3) is 3.83. The Morgan fingerprint density at radius 2 is 1.96 bits per heavy atom. The Bertz CT molecular complexity index is 876. The number of methoxy groups -OCH3 is 1. The van der Waals surface area contributed by atoms with Crippen LogP contribution in [0.2, 0.25) is 0 Å². The quantitative estimate of drug-likeness (QED) is 0.687. The van der Waals surface area contributed by atoms with Gasteiger partial charge in [-0.15, -0.1) is 5.10 Å². The molecule has 0 atom stereocenters. The third-order valence-corrected chi connectivity index (χ3v) is 3.88. The van der Waals surface area contributed by atoms with Crippen LogP contribution in [0.25, 0.3) is 5.78 Å². The van der Waals surface area contributed by atoms with Gasteiger partial charge in [-0.2, -0.15) is 4.98 Å². The molecular formula is C18H21N5O2. The molecule has 1 amide bonds. The number of amides is 1. The molecule has 1 aromatic carbocycles. The van der Waals surface area contributed by atoms with Crippen molar-refractivity contribution in [3.05, 3.63) is 59.2 Å². The Morgan fingerprint density at radius 3 is 2.68 bits per heavy atom. The summed E-state index contributed by atoms with van der Waals surface area (Å²) < 4.78 is 6.73. The number of aryl methyl sites for hydroxylation is 2. The van der Waals surface area contributed by atoms with Crippen molar-refractivity contribution in [1.29, 1.82) is 0 Å². The highest BCUT2D eigenvalue weighted by Gasteiger charge is 2.21. The molecule has 0 bridgehead atoms. The minimum atomic E-state index is -0.233. The summed E-state index contributed by atoms with van der Waals surface area (Å²) in [7, 11) is 1.62. The van der Waals surface area contributed by atoms with E-state index in [1.165, 1.54) is 0 Å². The Balaban J connectivity index is 1.90. The van der Waals surface area contributed by atoms with Gasteiger partial charge >= 0.3 is 0 Å². The van der Waals surface area contributed by atoms with Crippen LogP contribution in [-0.2, 0) is 11.3 Å². The fraction of sp³-hybridized carbons (Fsp3) is 0.333. The van der Waals surface area contributed by atoms with Gasteiger partial charge in [0, 0.05) is 31.6 Å². The lowest BCUT2D eigenvalue weighted by Gasteiger charge is -2.21. The number of aromatic nitrogens is 4. The van der Waals surface area contributed by atoms with Crippen LogP contribution < -0.4 is 0 Å². The van der Waals surface area contributed by atoms with Crippen LogP contribution >= 0.6 is 0 Å². The number of fused-ring (bicyclic) bond motifs is 1. The van der Waals surface area contributed by atoms with Crippen molar-refractivity contribution in [3.8, 4) is 0 Å². The van der Waals surface area contributed by atoms with Crippen LogP contribution in [0.15, 0.2) is 36.4 Å². The van der Waals surface area contributed by atoms with Crippen LogP contribution in [-0.4, -0.2) is 50.7 Å². The molecule has 0 saturated heterocycles. The monoisotopic (exact) mass is 339 g/mol. The molecule has 130 valence electrons. The zero-order valence-electron chi connectivity index (χ0n) is 14.6. The standard InChI is InChI=1S/C18H21N5O2/c1-13-11-14(2)23-18(19-13)20-16(21-23)17(24)22(9-10-25-3)12-15-7-5-4-6-8-15/h4-8,11H,9-10,12H2,1-3H3. The predicted molar refractivity (Wildman–Crippen MR) is 93.3 cm³/mol. The lowest BCUT2D eigenvalue weighted by Crippen LogP contribution is -2.34. The van der Waals surface area contributed by atoms with E-state index < -0.39 is 0 Å². The second kappa shape index (κ2) is 7.40. The van der Waals surface area contributed by atoms with Gasteiger partial charge in [0.1, 0.15) is 0 Å². The third-order valence-electron chi connectivity index (χ3n) is 3.88. The first-order chi connectivity index (χ1) is 12.1. The Hall–Kier alpha value is -2.80. The number of nitrogens with zero attached hydrogens (tertiary/aromatic N) is 5. The normalized spacial score (nSPS) is 11.0. The van der Waals surface area contributed by atoms with Crippen molar-refractivity contribution in [2.24, 2.45) is 0 Å². The molecule has 0 aliphatic heterocycles. The Morgan fingerprint density at radius 1 is 1.20 bits per heavy atom. The average Bonchev–Trinajstić information content (AvgIpc) is 3.03. The van der Waals surface area contributed by atoms with Crippen molar-refractivity contribution >= 4 is 11.7 Å². The predicted octanol–water partition coefficient (Wildman–Crippen LogP) is 2.03. The van der Waals surface area contributed by atoms with Crippen molar-refractivity contribution in [3.63, 3.8) is 0 Å². The molecule has 0 saturated carbocycles. The van der Waals surface area contributed by atoms with Gasteiger partial charge in [-0.1, -0.05) is 30.3 Å². The second-order valence-electron chi connectivity index (χ2n) is 5.89. The average molecular weight is 339 g/mol. The molecule has 7 nitrogen and oxygen atoms in total. The molecule has 2 aromatic heterocycles. The number of rotatable bonds is 6. The number of hydrogen-bond acceptors (Lipinski definition) is 5. The van der Waals surface area contributed by atoms with Crippen LogP contribution in [0.1, 0.15) is 27.6 Å². The van der Waals surface area contributed by atoms with Gasteiger partial charge < -0.3 is 9.64 Å². The number of benzene rings is 1.